The molecule has 40 heavy (non-hydrogen) atoms. The van der Waals surface area contributed by atoms with Crippen LogP contribution < -0.4 is 5.43 Å². The molecular weight excluding hydrogens is 494 g/mol. The van der Waals surface area contributed by atoms with E-state index in [4.69, 9.17) is 4.74 Å². The number of aromatic amines is 1. The quantitative estimate of drug-likeness (QED) is 0.348. The standard InChI is InChI=1S/C36H47NO3/c1-31(2)16-18-36-19-17-33(5)21(25(36)29(31)40-30(36)39)12-13-24-34(33,6)15-14-23-32(3,4)28-26(35(23,24)7)27(38)20-10-8-9-11-22(20)37-28/h8-11,21,23-25,29H,12-19H2,1-7H3,(H,37,38)/t21?,23?,24?,25-,29+,33+,34+,35-,36-/m0/s1. The molecule has 1 aromatic heterocycles. The summed E-state index contributed by atoms with van der Waals surface area (Å²) in [6.45, 7) is 17.1. The Bertz CT molecular complexity index is 1530. The Labute approximate surface area is 239 Å². The molecule has 2 heterocycles. The third-order valence-electron chi connectivity index (χ3n) is 15.1. The Kier molecular flexibility index (Phi) is 4.65. The first kappa shape index (κ1) is 25.6. The highest BCUT2D eigenvalue weighted by Crippen LogP contribution is 2.78. The fraction of sp³-hybridized carbons (Fsp3) is 0.722. The van der Waals surface area contributed by atoms with Gasteiger partial charge in [0.15, 0.2) is 5.43 Å². The number of H-pyrrole nitrogens is 1. The van der Waals surface area contributed by atoms with Crippen molar-refractivity contribution in [1.82, 2.24) is 4.98 Å². The van der Waals surface area contributed by atoms with Crippen molar-refractivity contribution in [3.8, 4) is 0 Å². The second-order valence-corrected chi connectivity index (χ2v) is 16.9. The van der Waals surface area contributed by atoms with E-state index in [-0.39, 0.29) is 50.0 Å². The molecule has 5 aliphatic carbocycles. The normalized spacial score (nSPS) is 47.5. The van der Waals surface area contributed by atoms with Crippen LogP contribution >= 0.6 is 0 Å². The summed E-state index contributed by atoms with van der Waals surface area (Å²) in [6, 6.07) is 8.11. The highest BCUT2D eigenvalue weighted by Gasteiger charge is 2.76. The Morgan fingerprint density at radius 3 is 2.30 bits per heavy atom. The molecule has 1 aromatic carbocycles. The average molecular weight is 542 g/mol. The van der Waals surface area contributed by atoms with Crippen molar-refractivity contribution in [3.63, 3.8) is 0 Å². The van der Waals surface area contributed by atoms with E-state index in [1.807, 2.05) is 18.2 Å². The van der Waals surface area contributed by atoms with Crippen molar-refractivity contribution in [1.29, 1.82) is 0 Å². The van der Waals surface area contributed by atoms with Gasteiger partial charge in [-0.3, -0.25) is 9.59 Å². The molecule has 1 N–H and O–H groups in total. The number of fused-ring (bicyclic) bond motifs is 8. The predicted octanol–water partition coefficient (Wildman–Crippen LogP) is 7.67. The predicted molar refractivity (Wildman–Crippen MR) is 158 cm³/mol. The van der Waals surface area contributed by atoms with Crippen molar-refractivity contribution < 1.29 is 9.53 Å². The van der Waals surface area contributed by atoms with Crippen LogP contribution in [0.3, 0.4) is 0 Å². The summed E-state index contributed by atoms with van der Waals surface area (Å²) in [5, 5.41) is 0.836. The van der Waals surface area contributed by atoms with Crippen LogP contribution in [0.1, 0.15) is 111 Å². The maximum Gasteiger partial charge on any atom is 0.312 e. The van der Waals surface area contributed by atoms with Crippen LogP contribution in [-0.2, 0) is 20.4 Å². The summed E-state index contributed by atoms with van der Waals surface area (Å²) >= 11 is 0. The maximum absolute atomic E-state index is 14.4. The number of carbonyl (C=O) groups excluding carboxylic acids is 1. The summed E-state index contributed by atoms with van der Waals surface area (Å²) in [5.41, 5.74) is 3.30. The molecule has 2 aromatic rings. The van der Waals surface area contributed by atoms with E-state index in [0.29, 0.717) is 23.7 Å². The van der Waals surface area contributed by atoms with Gasteiger partial charge in [0.2, 0.25) is 0 Å². The molecule has 0 radical (unpaired) electrons. The van der Waals surface area contributed by atoms with Gasteiger partial charge in [-0.05, 0) is 92.1 Å². The number of esters is 1. The molecule has 5 fully saturated rings. The molecular formula is C36H47NO3. The van der Waals surface area contributed by atoms with Crippen molar-refractivity contribution in [2.45, 2.75) is 117 Å². The smallest absolute Gasteiger partial charge is 0.312 e. The minimum atomic E-state index is -0.257. The van der Waals surface area contributed by atoms with E-state index in [0.717, 1.165) is 61.4 Å². The van der Waals surface area contributed by atoms with Crippen molar-refractivity contribution in [2.24, 2.45) is 45.3 Å². The van der Waals surface area contributed by atoms with Crippen molar-refractivity contribution in [2.75, 3.05) is 0 Å². The van der Waals surface area contributed by atoms with Crippen LogP contribution in [0.4, 0.5) is 0 Å². The molecule has 4 heteroatoms. The van der Waals surface area contributed by atoms with Gasteiger partial charge < -0.3 is 9.72 Å². The molecule has 214 valence electrons. The average Bonchev–Trinajstić information content (AvgIpc) is 3.25. The number of aromatic nitrogens is 1. The Morgan fingerprint density at radius 1 is 0.800 bits per heavy atom. The zero-order valence-electron chi connectivity index (χ0n) is 25.6. The third kappa shape index (κ3) is 2.55. The number of hydrogen-bond acceptors (Lipinski definition) is 3. The topological polar surface area (TPSA) is 59.2 Å². The van der Waals surface area contributed by atoms with E-state index in [2.05, 4.69) is 59.5 Å². The van der Waals surface area contributed by atoms with Crippen molar-refractivity contribution >= 4 is 16.9 Å². The van der Waals surface area contributed by atoms with Gasteiger partial charge in [-0.25, -0.2) is 0 Å². The Balaban J connectivity index is 1.29. The van der Waals surface area contributed by atoms with Gasteiger partial charge in [0.05, 0.1) is 5.41 Å². The minimum absolute atomic E-state index is 0.0444. The Hall–Kier alpha value is -2.10. The summed E-state index contributed by atoms with van der Waals surface area (Å²) in [4.78, 5) is 31.8. The second kappa shape index (κ2) is 7.27. The van der Waals surface area contributed by atoms with Gasteiger partial charge in [0.25, 0.3) is 0 Å². The van der Waals surface area contributed by atoms with Gasteiger partial charge in [-0.2, -0.15) is 0 Å². The van der Waals surface area contributed by atoms with Crippen molar-refractivity contribution in [3.05, 3.63) is 45.7 Å². The zero-order valence-corrected chi connectivity index (χ0v) is 25.6. The molecule has 9 atom stereocenters. The summed E-state index contributed by atoms with van der Waals surface area (Å²) < 4.78 is 6.34. The monoisotopic (exact) mass is 541 g/mol. The van der Waals surface area contributed by atoms with Crippen LogP contribution in [-0.4, -0.2) is 17.1 Å². The van der Waals surface area contributed by atoms with Crippen LogP contribution in [0, 0.1) is 45.3 Å². The maximum atomic E-state index is 14.4. The van der Waals surface area contributed by atoms with Gasteiger partial charge in [0, 0.05) is 44.3 Å². The van der Waals surface area contributed by atoms with Crippen LogP contribution in [0.2, 0.25) is 0 Å². The van der Waals surface area contributed by atoms with E-state index >= 15 is 0 Å². The van der Waals surface area contributed by atoms with E-state index in [9.17, 15) is 9.59 Å². The number of pyridine rings is 1. The molecule has 1 saturated heterocycles. The fourth-order valence-electron chi connectivity index (χ4n) is 12.9. The number of para-hydroxylation sites is 1. The summed E-state index contributed by atoms with van der Waals surface area (Å²) in [5.74, 6) is 1.84. The molecule has 0 amide bonds. The first-order valence-corrected chi connectivity index (χ1v) is 16.1. The van der Waals surface area contributed by atoms with E-state index in [1.54, 1.807) is 0 Å². The number of benzene rings is 1. The van der Waals surface area contributed by atoms with Crippen LogP contribution in [0.25, 0.3) is 10.9 Å². The van der Waals surface area contributed by atoms with Crippen LogP contribution in [0.15, 0.2) is 29.1 Å². The number of nitrogens with one attached hydrogen (secondary N) is 1. The number of rotatable bonds is 0. The zero-order chi connectivity index (χ0) is 28.3. The largest absolute Gasteiger partial charge is 0.461 e. The summed E-state index contributed by atoms with van der Waals surface area (Å²) in [6.07, 6.45) is 8.86. The molecule has 2 bridgehead atoms. The molecule has 3 unspecified atom stereocenters. The number of hydrogen-bond donors (Lipinski definition) is 1. The van der Waals surface area contributed by atoms with E-state index < -0.39 is 0 Å². The van der Waals surface area contributed by atoms with Gasteiger partial charge in [-0.1, -0.05) is 60.6 Å². The highest BCUT2D eigenvalue weighted by molar-refractivity contribution is 5.81. The fourth-order valence-corrected chi connectivity index (χ4v) is 12.9. The second-order valence-electron chi connectivity index (χ2n) is 16.9. The lowest BCUT2D eigenvalue weighted by molar-refractivity contribution is -0.213. The van der Waals surface area contributed by atoms with Gasteiger partial charge in [0.1, 0.15) is 6.10 Å². The molecule has 0 spiro atoms. The first-order valence-electron chi connectivity index (χ1n) is 16.1. The molecule has 4 nitrogen and oxygen atoms in total. The first-order chi connectivity index (χ1) is 18.7. The van der Waals surface area contributed by atoms with Gasteiger partial charge in [-0.15, -0.1) is 0 Å². The third-order valence-corrected chi connectivity index (χ3v) is 15.1. The molecule has 4 saturated carbocycles. The Morgan fingerprint density at radius 2 is 1.52 bits per heavy atom. The highest BCUT2D eigenvalue weighted by atomic mass is 16.6. The minimum Gasteiger partial charge on any atom is -0.461 e. The van der Waals surface area contributed by atoms with Gasteiger partial charge >= 0.3 is 5.97 Å². The lowest BCUT2D eigenvalue weighted by Crippen LogP contribution is -2.67. The summed E-state index contributed by atoms with van der Waals surface area (Å²) in [7, 11) is 0. The lowest BCUT2D eigenvalue weighted by Gasteiger charge is -2.70. The SMILES string of the molecule is CC1(C)c2[nH]c3ccccc3c(=O)c2[C@@]2(C)C1CC[C@]1(C)C2CCC2[C@H]3[C@H]4OC(=O)[C@@]3(CCC4(C)C)CC[C@]21C. The molecule has 1 aliphatic heterocycles. The van der Waals surface area contributed by atoms with E-state index in [1.165, 1.54) is 12.1 Å². The molecule has 8 rings (SSSR count). The molecule has 6 aliphatic rings. The number of carbonyl (C=O) groups is 1. The number of ether oxygens (including phenoxy) is 1. The van der Waals surface area contributed by atoms with Crippen LogP contribution in [0.5, 0.6) is 0 Å². The lowest BCUT2D eigenvalue weighted by atomic mass is 9.33.